The minimum absolute atomic E-state index is 0.192. The molecule has 0 amide bonds. The number of hydrogen-bond donors (Lipinski definition) is 0. The van der Waals surface area contributed by atoms with E-state index in [1.165, 1.54) is 0 Å². The molecule has 0 spiro atoms. The summed E-state index contributed by atoms with van der Waals surface area (Å²) in [7, 11) is 6.40. The van der Waals surface area contributed by atoms with Crippen LogP contribution < -0.4 is 23.7 Å². The molecule has 0 atom stereocenters. The van der Waals surface area contributed by atoms with Crippen LogP contribution in [-0.2, 0) is 11.3 Å². The number of hydrogen-bond acceptors (Lipinski definition) is 8. The highest BCUT2D eigenvalue weighted by molar-refractivity contribution is 5.54. The second kappa shape index (κ2) is 10.6. The standard InChI is InChI=1S/C23H28N2O6/c1-27-18-5-7-19(8-6-18)31-22(16-26)25-11-9-24(10-12-25)15-17-13-20(28-2)23(30-4)21(14-17)29-3/h5-8,13-14H,9-12,15H2,1-4H3. The lowest BCUT2D eigenvalue weighted by Gasteiger charge is -2.35. The number of ether oxygens (including phenoxy) is 5. The van der Waals surface area contributed by atoms with Gasteiger partial charge in [-0.25, -0.2) is 4.79 Å². The molecule has 8 nitrogen and oxygen atoms in total. The highest BCUT2D eigenvalue weighted by atomic mass is 16.5. The van der Waals surface area contributed by atoms with E-state index in [2.05, 4.69) is 4.90 Å². The quantitative estimate of drug-likeness (QED) is 0.446. The Morgan fingerprint density at radius 3 is 1.90 bits per heavy atom. The Morgan fingerprint density at radius 2 is 1.42 bits per heavy atom. The third kappa shape index (κ3) is 5.42. The molecule has 1 heterocycles. The fourth-order valence-corrected chi connectivity index (χ4v) is 3.50. The van der Waals surface area contributed by atoms with Crippen molar-refractivity contribution in [2.45, 2.75) is 6.54 Å². The molecule has 0 unspecified atom stereocenters. The van der Waals surface area contributed by atoms with Crippen molar-refractivity contribution in [1.82, 2.24) is 9.80 Å². The number of nitrogens with zero attached hydrogens (tertiary/aromatic N) is 2. The lowest BCUT2D eigenvalue weighted by Crippen LogP contribution is -2.46. The van der Waals surface area contributed by atoms with E-state index in [-0.39, 0.29) is 5.88 Å². The first-order valence-corrected chi connectivity index (χ1v) is 9.95. The Labute approximate surface area is 182 Å². The highest BCUT2D eigenvalue weighted by Gasteiger charge is 2.22. The molecule has 31 heavy (non-hydrogen) atoms. The fraction of sp³-hybridized carbons (Fsp3) is 0.391. The summed E-state index contributed by atoms with van der Waals surface area (Å²) in [5, 5.41) is 0. The van der Waals surface area contributed by atoms with Gasteiger partial charge in [0.1, 0.15) is 11.5 Å². The van der Waals surface area contributed by atoms with E-state index in [0.29, 0.717) is 36.1 Å². The summed E-state index contributed by atoms with van der Waals surface area (Å²) in [6.07, 6.45) is 0. The van der Waals surface area contributed by atoms with Crippen LogP contribution in [0.1, 0.15) is 5.56 Å². The zero-order valence-corrected chi connectivity index (χ0v) is 18.3. The van der Waals surface area contributed by atoms with Gasteiger partial charge in [0, 0.05) is 32.7 Å². The Kier molecular flexibility index (Phi) is 7.65. The van der Waals surface area contributed by atoms with Gasteiger partial charge in [-0.05, 0) is 42.0 Å². The molecule has 8 heteroatoms. The zero-order chi connectivity index (χ0) is 22.2. The van der Waals surface area contributed by atoms with Crippen molar-refractivity contribution >= 4 is 5.94 Å². The van der Waals surface area contributed by atoms with Crippen LogP contribution in [0, 0.1) is 0 Å². The average Bonchev–Trinajstić information content (AvgIpc) is 2.82. The molecule has 166 valence electrons. The van der Waals surface area contributed by atoms with E-state index in [1.807, 2.05) is 23.0 Å². The molecule has 0 aromatic heterocycles. The van der Waals surface area contributed by atoms with E-state index >= 15 is 0 Å². The van der Waals surface area contributed by atoms with Crippen LogP contribution >= 0.6 is 0 Å². The van der Waals surface area contributed by atoms with Crippen LogP contribution in [0.5, 0.6) is 28.7 Å². The third-order valence-corrected chi connectivity index (χ3v) is 5.15. The van der Waals surface area contributed by atoms with E-state index in [9.17, 15) is 4.79 Å². The topological polar surface area (TPSA) is 69.7 Å². The van der Waals surface area contributed by atoms with Gasteiger partial charge in [-0.15, -0.1) is 0 Å². The predicted octanol–water partition coefficient (Wildman–Crippen LogP) is 2.59. The third-order valence-electron chi connectivity index (χ3n) is 5.15. The molecule has 1 saturated heterocycles. The first-order chi connectivity index (χ1) is 15.1. The van der Waals surface area contributed by atoms with Crippen molar-refractivity contribution in [3.63, 3.8) is 0 Å². The number of benzene rings is 2. The molecule has 0 N–H and O–H groups in total. The normalized spacial score (nSPS) is 13.9. The molecular weight excluding hydrogens is 400 g/mol. The molecule has 2 aromatic carbocycles. The molecular formula is C23H28N2O6. The molecule has 1 aliphatic rings. The van der Waals surface area contributed by atoms with Crippen molar-refractivity contribution in [3.8, 4) is 28.7 Å². The fourth-order valence-electron chi connectivity index (χ4n) is 3.50. The summed E-state index contributed by atoms with van der Waals surface area (Å²) in [6, 6.07) is 11.0. The maximum Gasteiger partial charge on any atom is 0.283 e. The zero-order valence-electron chi connectivity index (χ0n) is 18.3. The maximum atomic E-state index is 11.5. The van der Waals surface area contributed by atoms with Gasteiger partial charge < -0.3 is 28.6 Å². The number of piperazine rings is 1. The summed E-state index contributed by atoms with van der Waals surface area (Å²) in [4.78, 5) is 15.7. The molecule has 0 saturated carbocycles. The lowest BCUT2D eigenvalue weighted by atomic mass is 10.1. The minimum atomic E-state index is 0.192. The monoisotopic (exact) mass is 428 g/mol. The van der Waals surface area contributed by atoms with Gasteiger partial charge in [0.05, 0.1) is 28.4 Å². The number of rotatable bonds is 9. The summed E-state index contributed by atoms with van der Waals surface area (Å²) < 4.78 is 27.1. The predicted molar refractivity (Wildman–Crippen MR) is 116 cm³/mol. The van der Waals surface area contributed by atoms with E-state index in [4.69, 9.17) is 23.7 Å². The van der Waals surface area contributed by atoms with Crippen molar-refractivity contribution in [1.29, 1.82) is 0 Å². The summed E-state index contributed by atoms with van der Waals surface area (Å²) in [6.45, 7) is 3.59. The Balaban J connectivity index is 1.60. The highest BCUT2D eigenvalue weighted by Crippen LogP contribution is 2.38. The van der Waals surface area contributed by atoms with Gasteiger partial charge >= 0.3 is 0 Å². The van der Waals surface area contributed by atoms with Crippen LogP contribution in [-0.4, -0.2) is 70.4 Å². The second-order valence-corrected chi connectivity index (χ2v) is 6.98. The van der Waals surface area contributed by atoms with Crippen molar-refractivity contribution in [3.05, 3.63) is 47.8 Å². The van der Waals surface area contributed by atoms with Gasteiger partial charge in [0.2, 0.25) is 5.75 Å². The van der Waals surface area contributed by atoms with E-state index in [1.54, 1.807) is 52.7 Å². The van der Waals surface area contributed by atoms with Crippen molar-refractivity contribution < 1.29 is 28.5 Å². The molecule has 0 radical (unpaired) electrons. The average molecular weight is 428 g/mol. The molecule has 2 aromatic rings. The molecule has 1 aliphatic heterocycles. The van der Waals surface area contributed by atoms with Crippen LogP contribution in [0.4, 0.5) is 0 Å². The Bertz CT molecular complexity index is 891. The summed E-state index contributed by atoms with van der Waals surface area (Å²) in [5.41, 5.74) is 1.06. The first kappa shape index (κ1) is 22.3. The number of methoxy groups -OCH3 is 4. The van der Waals surface area contributed by atoms with E-state index < -0.39 is 0 Å². The lowest BCUT2D eigenvalue weighted by molar-refractivity contribution is 0.117. The molecule has 3 rings (SSSR count). The van der Waals surface area contributed by atoms with Crippen LogP contribution in [0.2, 0.25) is 0 Å². The van der Waals surface area contributed by atoms with Crippen molar-refractivity contribution in [2.75, 3.05) is 54.6 Å². The van der Waals surface area contributed by atoms with Gasteiger partial charge in [0.15, 0.2) is 17.4 Å². The Morgan fingerprint density at radius 1 is 0.839 bits per heavy atom. The second-order valence-electron chi connectivity index (χ2n) is 6.98. The van der Waals surface area contributed by atoms with Crippen molar-refractivity contribution in [2.24, 2.45) is 0 Å². The Hall–Kier alpha value is -3.35. The van der Waals surface area contributed by atoms with Crippen LogP contribution in [0.15, 0.2) is 42.3 Å². The summed E-state index contributed by atoms with van der Waals surface area (Å²) >= 11 is 0. The molecule has 0 bridgehead atoms. The van der Waals surface area contributed by atoms with Gasteiger partial charge in [-0.1, -0.05) is 0 Å². The van der Waals surface area contributed by atoms with Gasteiger partial charge in [0.25, 0.3) is 5.88 Å². The maximum absolute atomic E-state index is 11.5. The smallest absolute Gasteiger partial charge is 0.283 e. The van der Waals surface area contributed by atoms with Crippen LogP contribution in [0.3, 0.4) is 0 Å². The largest absolute Gasteiger partial charge is 0.497 e. The van der Waals surface area contributed by atoms with Gasteiger partial charge in [-0.2, -0.15) is 0 Å². The molecule has 1 fully saturated rings. The molecule has 0 aliphatic carbocycles. The SMILES string of the molecule is COc1ccc(OC(=C=O)N2CCN(Cc3cc(OC)c(OC)c(OC)c3)CC2)cc1. The first-order valence-electron chi connectivity index (χ1n) is 9.95. The van der Waals surface area contributed by atoms with E-state index in [0.717, 1.165) is 30.9 Å². The summed E-state index contributed by atoms with van der Waals surface area (Å²) in [5.74, 6) is 5.26. The minimum Gasteiger partial charge on any atom is -0.497 e. The van der Waals surface area contributed by atoms with Gasteiger partial charge in [-0.3, -0.25) is 4.90 Å². The van der Waals surface area contributed by atoms with Crippen LogP contribution in [0.25, 0.3) is 0 Å². The number of carbonyl (C=O) groups excluding carboxylic acids is 1.